The van der Waals surface area contributed by atoms with Crippen molar-refractivity contribution in [2.75, 3.05) is 13.8 Å². The third kappa shape index (κ3) is 1.80. The predicted molar refractivity (Wildman–Crippen MR) is 52.3 cm³/mol. The number of hydrogen-bond donors (Lipinski definition) is 2. The highest BCUT2D eigenvalue weighted by Gasteiger charge is 2.16. The molecule has 1 rings (SSSR count). The molecule has 0 fully saturated rings. The van der Waals surface area contributed by atoms with Gasteiger partial charge in [-0.2, -0.15) is 0 Å². The van der Waals surface area contributed by atoms with Gasteiger partial charge in [0.2, 0.25) is 0 Å². The van der Waals surface area contributed by atoms with Gasteiger partial charge in [0.1, 0.15) is 6.67 Å². The molecular weight excluding hydrogens is 185 g/mol. The third-order valence-corrected chi connectivity index (χ3v) is 2.16. The molecule has 0 saturated carbocycles. The Balaban J connectivity index is 3.25. The van der Waals surface area contributed by atoms with Crippen molar-refractivity contribution in [1.29, 1.82) is 0 Å². The fourth-order valence-electron chi connectivity index (χ4n) is 1.40. The van der Waals surface area contributed by atoms with Crippen LogP contribution in [-0.2, 0) is 0 Å². The lowest BCUT2D eigenvalue weighted by Crippen LogP contribution is -2.14. The van der Waals surface area contributed by atoms with Crippen molar-refractivity contribution in [1.82, 2.24) is 0 Å². The number of halogens is 1. The van der Waals surface area contributed by atoms with Gasteiger partial charge in [0.15, 0.2) is 11.5 Å². The van der Waals surface area contributed by atoms with E-state index in [9.17, 15) is 9.50 Å². The van der Waals surface area contributed by atoms with Crippen LogP contribution in [0.25, 0.3) is 0 Å². The smallest absolute Gasteiger partial charge is 0.162 e. The molecule has 78 valence electrons. The van der Waals surface area contributed by atoms with E-state index in [1.54, 1.807) is 19.1 Å². The standard InChI is InChI=1S/C10H14FNO2/c1-6-3-4-8(14-2)10(13)9(6)7(12)5-11/h3-4,7,13H,5,12H2,1-2H3. The Morgan fingerprint density at radius 3 is 2.71 bits per heavy atom. The van der Waals surface area contributed by atoms with Gasteiger partial charge in [0.05, 0.1) is 13.2 Å². The summed E-state index contributed by atoms with van der Waals surface area (Å²) in [6.07, 6.45) is 0. The van der Waals surface area contributed by atoms with Crippen molar-refractivity contribution in [3.63, 3.8) is 0 Å². The highest BCUT2D eigenvalue weighted by molar-refractivity contribution is 5.50. The summed E-state index contributed by atoms with van der Waals surface area (Å²) in [6.45, 7) is 1.06. The maximum absolute atomic E-state index is 12.4. The summed E-state index contributed by atoms with van der Waals surface area (Å²) in [5.41, 5.74) is 6.70. The Morgan fingerprint density at radius 2 is 2.21 bits per heavy atom. The zero-order chi connectivity index (χ0) is 10.7. The van der Waals surface area contributed by atoms with Crippen molar-refractivity contribution >= 4 is 0 Å². The molecule has 0 saturated heterocycles. The lowest BCUT2D eigenvalue weighted by molar-refractivity contribution is 0.361. The average Bonchev–Trinajstić information content (AvgIpc) is 2.18. The van der Waals surface area contributed by atoms with E-state index in [-0.39, 0.29) is 5.75 Å². The first-order chi connectivity index (χ1) is 6.61. The first-order valence-electron chi connectivity index (χ1n) is 4.29. The molecule has 3 nitrogen and oxygen atoms in total. The number of phenols is 1. The molecular formula is C10H14FNO2. The molecule has 0 spiro atoms. The fourth-order valence-corrected chi connectivity index (χ4v) is 1.40. The molecule has 1 unspecified atom stereocenters. The Labute approximate surface area is 82.3 Å². The monoisotopic (exact) mass is 199 g/mol. The summed E-state index contributed by atoms with van der Waals surface area (Å²) >= 11 is 0. The van der Waals surface area contributed by atoms with Crippen molar-refractivity contribution in [2.24, 2.45) is 5.73 Å². The van der Waals surface area contributed by atoms with Crippen LogP contribution in [0.15, 0.2) is 12.1 Å². The lowest BCUT2D eigenvalue weighted by atomic mass is 10.0. The highest BCUT2D eigenvalue weighted by Crippen LogP contribution is 2.35. The van der Waals surface area contributed by atoms with Gasteiger partial charge >= 0.3 is 0 Å². The molecule has 1 atom stereocenters. The molecule has 1 aromatic rings. The van der Waals surface area contributed by atoms with Crippen LogP contribution < -0.4 is 10.5 Å². The lowest BCUT2D eigenvalue weighted by Gasteiger charge is -2.15. The molecule has 4 heteroatoms. The average molecular weight is 199 g/mol. The zero-order valence-electron chi connectivity index (χ0n) is 8.25. The number of ether oxygens (including phenoxy) is 1. The molecule has 14 heavy (non-hydrogen) atoms. The summed E-state index contributed by atoms with van der Waals surface area (Å²) < 4.78 is 17.3. The maximum Gasteiger partial charge on any atom is 0.162 e. The number of aromatic hydroxyl groups is 1. The third-order valence-electron chi connectivity index (χ3n) is 2.16. The molecule has 0 amide bonds. The molecule has 0 aliphatic rings. The molecule has 1 aromatic carbocycles. The first kappa shape index (κ1) is 10.8. The summed E-state index contributed by atoms with van der Waals surface area (Å²) in [5.74, 6) is 0.243. The number of methoxy groups -OCH3 is 1. The van der Waals surface area contributed by atoms with E-state index < -0.39 is 12.7 Å². The molecule has 0 radical (unpaired) electrons. The Morgan fingerprint density at radius 1 is 1.57 bits per heavy atom. The summed E-state index contributed by atoms with van der Waals surface area (Å²) in [5, 5.41) is 9.70. The van der Waals surface area contributed by atoms with E-state index in [1.165, 1.54) is 7.11 Å². The minimum absolute atomic E-state index is 0.0716. The van der Waals surface area contributed by atoms with E-state index in [4.69, 9.17) is 10.5 Å². The van der Waals surface area contributed by atoms with Gasteiger partial charge in [-0.1, -0.05) is 6.07 Å². The molecule has 0 aromatic heterocycles. The van der Waals surface area contributed by atoms with Crippen LogP contribution in [0, 0.1) is 6.92 Å². The summed E-state index contributed by atoms with van der Waals surface area (Å²) in [6, 6.07) is 2.56. The number of rotatable bonds is 3. The number of aryl methyl sites for hydroxylation is 1. The quantitative estimate of drug-likeness (QED) is 0.778. The van der Waals surface area contributed by atoms with E-state index in [0.29, 0.717) is 11.3 Å². The molecule has 0 aliphatic carbocycles. The van der Waals surface area contributed by atoms with Crippen LogP contribution in [0.2, 0.25) is 0 Å². The van der Waals surface area contributed by atoms with E-state index in [2.05, 4.69) is 0 Å². The van der Waals surface area contributed by atoms with Crippen molar-refractivity contribution in [3.05, 3.63) is 23.3 Å². The minimum atomic E-state index is -0.801. The topological polar surface area (TPSA) is 55.5 Å². The highest BCUT2D eigenvalue weighted by atomic mass is 19.1. The minimum Gasteiger partial charge on any atom is -0.504 e. The SMILES string of the molecule is COc1ccc(C)c(C(N)CF)c1O. The van der Waals surface area contributed by atoms with Crippen LogP contribution in [0.1, 0.15) is 17.2 Å². The number of benzene rings is 1. The second-order valence-corrected chi connectivity index (χ2v) is 3.11. The van der Waals surface area contributed by atoms with Gasteiger partial charge in [-0.25, -0.2) is 4.39 Å². The number of hydrogen-bond acceptors (Lipinski definition) is 3. The van der Waals surface area contributed by atoms with E-state index in [1.807, 2.05) is 0 Å². The van der Waals surface area contributed by atoms with Crippen LogP contribution in [0.5, 0.6) is 11.5 Å². The molecule has 0 aliphatic heterocycles. The van der Waals surface area contributed by atoms with E-state index in [0.717, 1.165) is 5.56 Å². The predicted octanol–water partition coefficient (Wildman–Crippen LogP) is 1.68. The second kappa shape index (κ2) is 4.28. The molecule has 0 heterocycles. The van der Waals surface area contributed by atoms with Crippen molar-refractivity contribution < 1.29 is 14.2 Å². The van der Waals surface area contributed by atoms with E-state index >= 15 is 0 Å². The zero-order valence-corrected chi connectivity index (χ0v) is 8.25. The van der Waals surface area contributed by atoms with Crippen molar-refractivity contribution in [2.45, 2.75) is 13.0 Å². The number of nitrogens with two attached hydrogens (primary N) is 1. The largest absolute Gasteiger partial charge is 0.504 e. The molecule has 0 bridgehead atoms. The summed E-state index contributed by atoms with van der Waals surface area (Å²) in [7, 11) is 1.44. The maximum atomic E-state index is 12.4. The van der Waals surface area contributed by atoms with Gasteiger partial charge in [0.25, 0.3) is 0 Å². The summed E-state index contributed by atoms with van der Waals surface area (Å²) in [4.78, 5) is 0. The Hall–Kier alpha value is -1.29. The second-order valence-electron chi connectivity index (χ2n) is 3.11. The van der Waals surface area contributed by atoms with Gasteiger partial charge in [-0.3, -0.25) is 0 Å². The van der Waals surface area contributed by atoms with Gasteiger partial charge in [0, 0.05) is 5.56 Å². The van der Waals surface area contributed by atoms with Crippen LogP contribution >= 0.6 is 0 Å². The molecule has 3 N–H and O–H groups in total. The van der Waals surface area contributed by atoms with Gasteiger partial charge < -0.3 is 15.6 Å². The number of alkyl halides is 1. The first-order valence-corrected chi connectivity index (χ1v) is 4.29. The van der Waals surface area contributed by atoms with Gasteiger partial charge in [-0.15, -0.1) is 0 Å². The van der Waals surface area contributed by atoms with Crippen LogP contribution in [-0.4, -0.2) is 18.9 Å². The number of phenolic OH excluding ortho intramolecular Hbond substituents is 1. The van der Waals surface area contributed by atoms with Crippen LogP contribution in [0.3, 0.4) is 0 Å². The fraction of sp³-hybridized carbons (Fsp3) is 0.400. The normalized spacial score (nSPS) is 12.6. The van der Waals surface area contributed by atoms with Gasteiger partial charge in [-0.05, 0) is 18.6 Å². The Kier molecular flexibility index (Phi) is 3.30. The van der Waals surface area contributed by atoms with Crippen LogP contribution in [0.4, 0.5) is 4.39 Å². The van der Waals surface area contributed by atoms with Crippen molar-refractivity contribution in [3.8, 4) is 11.5 Å². The Bertz CT molecular complexity index is 328.